The summed E-state index contributed by atoms with van der Waals surface area (Å²) in [4.78, 5) is 0. The van der Waals surface area contributed by atoms with Gasteiger partial charge < -0.3 is 10.8 Å². The largest absolute Gasteiger partial charge is 0.507 e. The molecule has 0 radical (unpaired) electrons. The van der Waals surface area contributed by atoms with Crippen LogP contribution in [0.1, 0.15) is 37.4 Å². The third-order valence-corrected chi connectivity index (χ3v) is 2.88. The van der Waals surface area contributed by atoms with Gasteiger partial charge in [-0.2, -0.15) is 0 Å². The number of phenolic OH excluding ortho intramolecular Hbond substituents is 1. The van der Waals surface area contributed by atoms with E-state index in [1.807, 2.05) is 19.1 Å². The number of aryl methyl sites for hydroxylation is 1. The van der Waals surface area contributed by atoms with Crippen molar-refractivity contribution in [3.63, 3.8) is 0 Å². The van der Waals surface area contributed by atoms with Crippen LogP contribution >= 0.6 is 15.9 Å². The van der Waals surface area contributed by atoms with E-state index in [1.165, 1.54) is 0 Å². The summed E-state index contributed by atoms with van der Waals surface area (Å²) in [5.41, 5.74) is 7.74. The quantitative estimate of drug-likeness (QED) is 0.884. The molecule has 0 spiro atoms. The highest BCUT2D eigenvalue weighted by molar-refractivity contribution is 9.10. The number of hydrogen-bond acceptors (Lipinski definition) is 2. The molecule has 15 heavy (non-hydrogen) atoms. The van der Waals surface area contributed by atoms with Gasteiger partial charge in [-0.25, -0.2) is 0 Å². The second kappa shape index (κ2) is 4.99. The lowest BCUT2D eigenvalue weighted by Crippen LogP contribution is -2.13. The maximum absolute atomic E-state index is 9.90. The molecule has 1 aromatic rings. The molecule has 1 atom stereocenters. The van der Waals surface area contributed by atoms with E-state index in [1.54, 1.807) is 0 Å². The molecule has 3 heteroatoms. The van der Waals surface area contributed by atoms with Crippen molar-refractivity contribution in [1.82, 2.24) is 0 Å². The van der Waals surface area contributed by atoms with Crippen LogP contribution in [0.25, 0.3) is 0 Å². The number of nitrogens with two attached hydrogens (primary N) is 1. The summed E-state index contributed by atoms with van der Waals surface area (Å²) in [6, 6.07) is 3.69. The van der Waals surface area contributed by atoms with Crippen molar-refractivity contribution in [2.24, 2.45) is 11.7 Å². The average molecular weight is 272 g/mol. The molecule has 1 aromatic carbocycles. The first kappa shape index (κ1) is 12.5. The molecular formula is C12H18BrNO. The number of hydrogen-bond donors (Lipinski definition) is 2. The van der Waals surface area contributed by atoms with Crippen LogP contribution in [0.15, 0.2) is 16.6 Å². The summed E-state index contributed by atoms with van der Waals surface area (Å²) in [6.45, 7) is 6.13. The normalized spacial score (nSPS) is 13.2. The maximum Gasteiger partial charge on any atom is 0.123 e. The fourth-order valence-electron chi connectivity index (χ4n) is 1.68. The van der Waals surface area contributed by atoms with Crippen molar-refractivity contribution >= 4 is 15.9 Å². The van der Waals surface area contributed by atoms with Crippen LogP contribution in [0, 0.1) is 12.8 Å². The summed E-state index contributed by atoms with van der Waals surface area (Å²) >= 11 is 3.41. The van der Waals surface area contributed by atoms with E-state index in [0.29, 0.717) is 11.7 Å². The number of halogens is 1. The summed E-state index contributed by atoms with van der Waals surface area (Å²) in [7, 11) is 0. The number of phenols is 1. The number of rotatable bonds is 3. The molecule has 0 amide bonds. The fourth-order valence-corrected chi connectivity index (χ4v) is 2.27. The molecule has 0 aliphatic heterocycles. The fraction of sp³-hybridized carbons (Fsp3) is 0.500. The summed E-state index contributed by atoms with van der Waals surface area (Å²) < 4.78 is 0.965. The Bertz CT molecular complexity index is 350. The van der Waals surface area contributed by atoms with E-state index in [9.17, 15) is 5.11 Å². The highest BCUT2D eigenvalue weighted by Gasteiger charge is 2.14. The molecule has 1 rings (SSSR count). The van der Waals surface area contributed by atoms with Crippen LogP contribution in [0.2, 0.25) is 0 Å². The Labute approximate surface area is 99.6 Å². The van der Waals surface area contributed by atoms with Gasteiger partial charge in [-0.3, -0.25) is 0 Å². The van der Waals surface area contributed by atoms with Crippen LogP contribution in [-0.2, 0) is 0 Å². The lowest BCUT2D eigenvalue weighted by molar-refractivity contribution is 0.442. The Hall–Kier alpha value is -0.540. The lowest BCUT2D eigenvalue weighted by Gasteiger charge is -2.17. The molecule has 0 aliphatic rings. The Morgan fingerprint density at radius 1 is 1.40 bits per heavy atom. The van der Waals surface area contributed by atoms with E-state index in [4.69, 9.17) is 5.73 Å². The van der Waals surface area contributed by atoms with Crippen LogP contribution in [0.4, 0.5) is 0 Å². The van der Waals surface area contributed by atoms with E-state index >= 15 is 0 Å². The molecule has 0 aliphatic carbocycles. The third kappa shape index (κ3) is 3.21. The van der Waals surface area contributed by atoms with Crippen molar-refractivity contribution in [3.05, 3.63) is 27.7 Å². The smallest absolute Gasteiger partial charge is 0.123 e. The van der Waals surface area contributed by atoms with Crippen LogP contribution in [-0.4, -0.2) is 5.11 Å². The first-order chi connectivity index (χ1) is 6.91. The standard InChI is InChI=1S/C12H18BrNO/c1-7(2)4-11(14)10-6-9(13)5-8(3)12(10)15/h5-7,11,15H,4,14H2,1-3H3. The van der Waals surface area contributed by atoms with Gasteiger partial charge in [0.05, 0.1) is 0 Å². The average Bonchev–Trinajstić information content (AvgIpc) is 2.09. The Morgan fingerprint density at radius 2 is 2.00 bits per heavy atom. The van der Waals surface area contributed by atoms with Gasteiger partial charge in [0.2, 0.25) is 0 Å². The molecule has 0 aromatic heterocycles. The second-order valence-electron chi connectivity index (χ2n) is 4.40. The third-order valence-electron chi connectivity index (χ3n) is 2.42. The summed E-state index contributed by atoms with van der Waals surface area (Å²) in [5, 5.41) is 9.90. The zero-order valence-electron chi connectivity index (χ0n) is 9.42. The lowest BCUT2D eigenvalue weighted by atomic mass is 9.96. The van der Waals surface area contributed by atoms with Crippen molar-refractivity contribution in [2.75, 3.05) is 0 Å². The van der Waals surface area contributed by atoms with Crippen LogP contribution < -0.4 is 5.73 Å². The zero-order chi connectivity index (χ0) is 11.6. The van der Waals surface area contributed by atoms with Crippen molar-refractivity contribution < 1.29 is 5.11 Å². The zero-order valence-corrected chi connectivity index (χ0v) is 11.0. The molecule has 0 fully saturated rings. The first-order valence-corrected chi connectivity index (χ1v) is 5.95. The molecule has 3 N–H and O–H groups in total. The van der Waals surface area contributed by atoms with Gasteiger partial charge in [0.1, 0.15) is 5.75 Å². The van der Waals surface area contributed by atoms with Crippen molar-refractivity contribution in [3.8, 4) is 5.75 Å². The second-order valence-corrected chi connectivity index (χ2v) is 5.31. The Balaban J connectivity index is 3.02. The predicted octanol–water partition coefficient (Wildman–Crippen LogP) is 3.51. The molecule has 84 valence electrons. The summed E-state index contributed by atoms with van der Waals surface area (Å²) in [5.74, 6) is 0.852. The van der Waals surface area contributed by atoms with E-state index in [0.717, 1.165) is 22.0 Å². The minimum absolute atomic E-state index is 0.0961. The van der Waals surface area contributed by atoms with E-state index < -0.39 is 0 Å². The minimum atomic E-state index is -0.0961. The predicted molar refractivity (Wildman–Crippen MR) is 66.9 cm³/mol. The maximum atomic E-state index is 9.90. The highest BCUT2D eigenvalue weighted by atomic mass is 79.9. The topological polar surface area (TPSA) is 46.2 Å². The Kier molecular flexibility index (Phi) is 4.17. The molecule has 0 bridgehead atoms. The molecule has 2 nitrogen and oxygen atoms in total. The molecule has 0 heterocycles. The Morgan fingerprint density at radius 3 is 2.53 bits per heavy atom. The number of aromatic hydroxyl groups is 1. The van der Waals surface area contributed by atoms with Gasteiger partial charge in [-0.15, -0.1) is 0 Å². The molecular weight excluding hydrogens is 254 g/mol. The molecule has 0 saturated heterocycles. The van der Waals surface area contributed by atoms with Gasteiger partial charge in [0.25, 0.3) is 0 Å². The van der Waals surface area contributed by atoms with Gasteiger partial charge >= 0.3 is 0 Å². The minimum Gasteiger partial charge on any atom is -0.507 e. The van der Waals surface area contributed by atoms with E-state index in [-0.39, 0.29) is 6.04 Å². The SMILES string of the molecule is Cc1cc(Br)cc(C(N)CC(C)C)c1O. The van der Waals surface area contributed by atoms with Crippen LogP contribution in [0.5, 0.6) is 5.75 Å². The van der Waals surface area contributed by atoms with Gasteiger partial charge in [0.15, 0.2) is 0 Å². The molecule has 0 saturated carbocycles. The van der Waals surface area contributed by atoms with Crippen LogP contribution in [0.3, 0.4) is 0 Å². The molecule has 1 unspecified atom stereocenters. The number of benzene rings is 1. The van der Waals surface area contributed by atoms with Crippen molar-refractivity contribution in [2.45, 2.75) is 33.2 Å². The first-order valence-electron chi connectivity index (χ1n) is 5.16. The van der Waals surface area contributed by atoms with Crippen molar-refractivity contribution in [1.29, 1.82) is 0 Å². The van der Waals surface area contributed by atoms with Gasteiger partial charge in [-0.05, 0) is 37.0 Å². The monoisotopic (exact) mass is 271 g/mol. The van der Waals surface area contributed by atoms with E-state index in [2.05, 4.69) is 29.8 Å². The van der Waals surface area contributed by atoms with Gasteiger partial charge in [-0.1, -0.05) is 29.8 Å². The summed E-state index contributed by atoms with van der Waals surface area (Å²) in [6.07, 6.45) is 0.878. The van der Waals surface area contributed by atoms with Gasteiger partial charge in [0, 0.05) is 16.1 Å². The highest BCUT2D eigenvalue weighted by Crippen LogP contribution is 2.32.